The molecule has 0 unspecified atom stereocenters. The van der Waals surface area contributed by atoms with E-state index in [1.807, 2.05) is 34.8 Å². The van der Waals surface area contributed by atoms with Crippen LogP contribution in [0.3, 0.4) is 0 Å². The topological polar surface area (TPSA) is 45.6 Å². The molecule has 136 valence electrons. The highest BCUT2D eigenvalue weighted by Gasteiger charge is 2.48. The Kier molecular flexibility index (Phi) is 4.34. The molecule has 2 amide bonds. The van der Waals surface area contributed by atoms with E-state index in [1.54, 1.807) is 0 Å². The molecule has 0 N–H and O–H groups in total. The zero-order valence-electron chi connectivity index (χ0n) is 15.2. The molecule has 1 aliphatic carbocycles. The molecule has 1 aromatic heterocycles. The predicted octanol–water partition coefficient (Wildman–Crippen LogP) is 2.67. The molecule has 5 heteroatoms. The van der Waals surface area contributed by atoms with Crippen molar-refractivity contribution in [3.63, 3.8) is 0 Å². The molecule has 2 aliphatic heterocycles. The summed E-state index contributed by atoms with van der Waals surface area (Å²) in [5.41, 5.74) is 0.542. The first kappa shape index (κ1) is 16.7. The number of aryl methyl sites for hydroxylation is 1. The van der Waals surface area contributed by atoms with Crippen molar-refractivity contribution in [3.05, 3.63) is 24.0 Å². The third kappa shape index (κ3) is 2.98. The Balaban J connectivity index is 1.37. The maximum absolute atomic E-state index is 13.0. The number of hydrogen-bond acceptors (Lipinski definition) is 2. The molecular formula is C20H29N3O2. The number of carbonyl (C=O) groups excluding carboxylic acids is 2. The van der Waals surface area contributed by atoms with Gasteiger partial charge >= 0.3 is 0 Å². The van der Waals surface area contributed by atoms with Crippen molar-refractivity contribution in [2.75, 3.05) is 26.2 Å². The second-order valence-electron chi connectivity index (χ2n) is 8.23. The molecule has 0 atom stereocenters. The number of hydrogen-bond donors (Lipinski definition) is 0. The lowest BCUT2D eigenvalue weighted by Gasteiger charge is -2.38. The van der Waals surface area contributed by atoms with Crippen molar-refractivity contribution in [1.82, 2.24) is 14.4 Å². The Bertz CT molecular complexity index is 652. The number of rotatable bonds is 3. The maximum Gasteiger partial charge on any atom is 0.270 e. The van der Waals surface area contributed by atoms with Crippen LogP contribution in [0.2, 0.25) is 0 Å². The summed E-state index contributed by atoms with van der Waals surface area (Å²) < 4.78 is 1.87. The summed E-state index contributed by atoms with van der Waals surface area (Å²) in [5, 5.41) is 0. The van der Waals surface area contributed by atoms with E-state index >= 15 is 0 Å². The summed E-state index contributed by atoms with van der Waals surface area (Å²) in [5.74, 6) is 1.18. The van der Waals surface area contributed by atoms with Crippen molar-refractivity contribution in [1.29, 1.82) is 0 Å². The van der Waals surface area contributed by atoms with Crippen LogP contribution in [-0.4, -0.2) is 52.4 Å². The van der Waals surface area contributed by atoms with Gasteiger partial charge in [-0.2, -0.15) is 0 Å². The first-order chi connectivity index (χ1) is 12.1. The standard InChI is InChI=1S/C20H29N3O2/c1-21-11-4-7-17(21)18(24)22-12-8-20(9-13-22)10-14-23(19(20)25)15-16-5-2-3-6-16/h4,7,11,16H,2-3,5-6,8-10,12-15H2,1H3. The summed E-state index contributed by atoms with van der Waals surface area (Å²) in [7, 11) is 1.90. The highest BCUT2D eigenvalue weighted by atomic mass is 16.2. The van der Waals surface area contributed by atoms with Crippen LogP contribution >= 0.6 is 0 Å². The lowest BCUT2D eigenvalue weighted by Crippen LogP contribution is -2.47. The normalized spacial score (nSPS) is 23.8. The van der Waals surface area contributed by atoms with Crippen molar-refractivity contribution in [3.8, 4) is 0 Å². The van der Waals surface area contributed by atoms with E-state index in [-0.39, 0.29) is 11.3 Å². The van der Waals surface area contributed by atoms with E-state index in [4.69, 9.17) is 0 Å². The molecule has 2 saturated heterocycles. The van der Waals surface area contributed by atoms with E-state index in [1.165, 1.54) is 25.7 Å². The third-order valence-electron chi connectivity index (χ3n) is 6.73. The van der Waals surface area contributed by atoms with Crippen LogP contribution in [-0.2, 0) is 11.8 Å². The summed E-state index contributed by atoms with van der Waals surface area (Å²) in [6, 6.07) is 3.77. The number of amides is 2. The van der Waals surface area contributed by atoms with Crippen LogP contribution in [0.5, 0.6) is 0 Å². The molecule has 0 radical (unpaired) electrons. The van der Waals surface area contributed by atoms with Crippen LogP contribution in [0, 0.1) is 11.3 Å². The van der Waals surface area contributed by atoms with Crippen molar-refractivity contribution >= 4 is 11.8 Å². The van der Waals surface area contributed by atoms with Crippen LogP contribution in [0.25, 0.3) is 0 Å². The van der Waals surface area contributed by atoms with Gasteiger partial charge in [-0.05, 0) is 50.2 Å². The molecule has 1 saturated carbocycles. The molecule has 0 aromatic carbocycles. The van der Waals surface area contributed by atoms with Gasteiger partial charge in [0.1, 0.15) is 5.69 Å². The summed E-state index contributed by atoms with van der Waals surface area (Å²) >= 11 is 0. The molecule has 1 aromatic rings. The molecule has 25 heavy (non-hydrogen) atoms. The van der Waals surface area contributed by atoms with Crippen molar-refractivity contribution in [2.45, 2.75) is 44.9 Å². The first-order valence-corrected chi connectivity index (χ1v) is 9.79. The van der Waals surface area contributed by atoms with E-state index in [9.17, 15) is 9.59 Å². The van der Waals surface area contributed by atoms with Gasteiger partial charge in [-0.25, -0.2) is 0 Å². The Morgan fingerprint density at radius 3 is 2.48 bits per heavy atom. The second kappa shape index (κ2) is 6.50. The van der Waals surface area contributed by atoms with Crippen molar-refractivity contribution in [2.24, 2.45) is 18.4 Å². The van der Waals surface area contributed by atoms with Gasteiger partial charge in [0, 0.05) is 39.4 Å². The van der Waals surface area contributed by atoms with Crippen LogP contribution < -0.4 is 0 Å². The number of piperidine rings is 1. The minimum atomic E-state index is -0.191. The zero-order chi connectivity index (χ0) is 17.4. The van der Waals surface area contributed by atoms with Gasteiger partial charge in [0.15, 0.2) is 0 Å². The zero-order valence-corrected chi connectivity index (χ0v) is 15.2. The van der Waals surface area contributed by atoms with Gasteiger partial charge in [-0.1, -0.05) is 12.8 Å². The fraction of sp³-hybridized carbons (Fsp3) is 0.700. The number of carbonyl (C=O) groups is 2. The summed E-state index contributed by atoms with van der Waals surface area (Å²) in [4.78, 5) is 29.8. The van der Waals surface area contributed by atoms with E-state index in [2.05, 4.69) is 4.90 Å². The lowest BCUT2D eigenvalue weighted by atomic mass is 9.77. The summed E-state index contributed by atoms with van der Waals surface area (Å²) in [6.45, 7) is 3.29. The first-order valence-electron chi connectivity index (χ1n) is 9.79. The molecule has 4 rings (SSSR count). The van der Waals surface area contributed by atoms with Gasteiger partial charge < -0.3 is 14.4 Å². The average molecular weight is 343 g/mol. The van der Waals surface area contributed by atoms with Crippen LogP contribution in [0.1, 0.15) is 55.4 Å². The fourth-order valence-electron chi connectivity index (χ4n) is 5.02. The molecule has 3 aliphatic rings. The third-order valence-corrected chi connectivity index (χ3v) is 6.73. The number of likely N-dealkylation sites (tertiary alicyclic amines) is 2. The minimum absolute atomic E-state index is 0.0932. The smallest absolute Gasteiger partial charge is 0.270 e. The quantitative estimate of drug-likeness (QED) is 0.847. The van der Waals surface area contributed by atoms with Crippen molar-refractivity contribution < 1.29 is 9.59 Å². The minimum Gasteiger partial charge on any atom is -0.347 e. The Morgan fingerprint density at radius 1 is 1.16 bits per heavy atom. The highest BCUT2D eigenvalue weighted by molar-refractivity contribution is 5.93. The largest absolute Gasteiger partial charge is 0.347 e. The lowest BCUT2D eigenvalue weighted by molar-refractivity contribution is -0.138. The number of nitrogens with zero attached hydrogens (tertiary/aromatic N) is 3. The van der Waals surface area contributed by atoms with Gasteiger partial charge in [0.2, 0.25) is 5.91 Å². The second-order valence-corrected chi connectivity index (χ2v) is 8.23. The van der Waals surface area contributed by atoms with Crippen LogP contribution in [0.15, 0.2) is 18.3 Å². The Labute approximate surface area is 150 Å². The Morgan fingerprint density at radius 2 is 1.84 bits per heavy atom. The van der Waals surface area contributed by atoms with Crippen LogP contribution in [0.4, 0.5) is 0 Å². The van der Waals surface area contributed by atoms with E-state index in [0.717, 1.165) is 44.0 Å². The van der Waals surface area contributed by atoms with Gasteiger partial charge in [-0.15, -0.1) is 0 Å². The van der Waals surface area contributed by atoms with E-state index < -0.39 is 0 Å². The Hall–Kier alpha value is -1.78. The molecular weight excluding hydrogens is 314 g/mol. The van der Waals surface area contributed by atoms with Gasteiger partial charge in [0.05, 0.1) is 5.41 Å². The average Bonchev–Trinajstić information content (AvgIpc) is 3.34. The highest BCUT2D eigenvalue weighted by Crippen LogP contribution is 2.42. The maximum atomic E-state index is 13.0. The van der Waals surface area contributed by atoms with E-state index in [0.29, 0.717) is 19.0 Å². The van der Waals surface area contributed by atoms with Gasteiger partial charge in [-0.3, -0.25) is 9.59 Å². The number of aromatic nitrogens is 1. The molecule has 0 bridgehead atoms. The fourth-order valence-corrected chi connectivity index (χ4v) is 5.02. The summed E-state index contributed by atoms with van der Waals surface area (Å²) in [6.07, 6.45) is 9.75. The molecule has 5 nitrogen and oxygen atoms in total. The SMILES string of the molecule is Cn1cccc1C(=O)N1CCC2(CC1)CCN(CC1CCCC1)C2=O. The monoisotopic (exact) mass is 343 g/mol. The van der Waals surface area contributed by atoms with Gasteiger partial charge in [0.25, 0.3) is 5.91 Å². The predicted molar refractivity (Wildman–Crippen MR) is 96.1 cm³/mol. The molecule has 1 spiro atoms. The molecule has 3 fully saturated rings. The molecule has 3 heterocycles.